The topological polar surface area (TPSA) is 58.2 Å². The highest BCUT2D eigenvalue weighted by atomic mass is 16.2. The van der Waals surface area contributed by atoms with E-state index < -0.39 is 5.54 Å². The van der Waals surface area contributed by atoms with Gasteiger partial charge in [-0.15, -0.1) is 0 Å². The molecule has 2 amide bonds. The fourth-order valence-electron chi connectivity index (χ4n) is 1.62. The Kier molecular flexibility index (Phi) is 2.76. The third kappa shape index (κ3) is 2.01. The number of carbonyl (C=O) groups is 2. The Morgan fingerprint density at radius 3 is 2.50 bits per heavy atom. The lowest BCUT2D eigenvalue weighted by molar-refractivity contribution is -0.138. The van der Waals surface area contributed by atoms with Crippen molar-refractivity contribution in [2.75, 3.05) is 0 Å². The average molecular weight is 196 g/mol. The van der Waals surface area contributed by atoms with Crippen molar-refractivity contribution in [3.05, 3.63) is 11.6 Å². The van der Waals surface area contributed by atoms with Crippen molar-refractivity contribution in [3.63, 3.8) is 0 Å². The van der Waals surface area contributed by atoms with Crippen LogP contribution in [0.5, 0.6) is 0 Å². The maximum Gasteiger partial charge on any atom is 0.250 e. The quantitative estimate of drug-likeness (QED) is 0.470. The van der Waals surface area contributed by atoms with Gasteiger partial charge in [0.1, 0.15) is 5.54 Å². The third-order valence-electron chi connectivity index (χ3n) is 2.20. The first-order chi connectivity index (χ1) is 6.35. The Morgan fingerprint density at radius 1 is 1.43 bits per heavy atom. The predicted molar refractivity (Wildman–Crippen MR) is 53.6 cm³/mol. The molecule has 1 rings (SSSR count). The van der Waals surface area contributed by atoms with Crippen LogP contribution in [0.15, 0.2) is 11.6 Å². The molecule has 0 aromatic carbocycles. The molecule has 2 atom stereocenters. The highest BCUT2D eigenvalue weighted by Gasteiger charge is 2.39. The van der Waals surface area contributed by atoms with Gasteiger partial charge in [-0.05, 0) is 27.7 Å². The number of imide groups is 1. The Hall–Kier alpha value is -1.16. The standard InChI is InChI=1S/C10H16N2O2/c1-6(2)5-10(4)9(14)11-8(13)7(3)12-10/h5,7,12H,1-4H3,(H,11,13,14). The molecule has 2 unspecified atom stereocenters. The van der Waals surface area contributed by atoms with Crippen LogP contribution in [0.25, 0.3) is 0 Å². The normalized spacial score (nSPS) is 32.4. The summed E-state index contributed by atoms with van der Waals surface area (Å²) in [6, 6.07) is -0.340. The van der Waals surface area contributed by atoms with Gasteiger partial charge in [-0.25, -0.2) is 0 Å². The molecule has 1 fully saturated rings. The molecular weight excluding hydrogens is 180 g/mol. The summed E-state index contributed by atoms with van der Waals surface area (Å²) < 4.78 is 0. The van der Waals surface area contributed by atoms with E-state index in [1.807, 2.05) is 19.9 Å². The number of allylic oxidation sites excluding steroid dienone is 1. The third-order valence-corrected chi connectivity index (χ3v) is 2.20. The van der Waals surface area contributed by atoms with E-state index >= 15 is 0 Å². The van der Waals surface area contributed by atoms with Gasteiger partial charge in [-0.3, -0.25) is 20.2 Å². The molecule has 1 heterocycles. The summed E-state index contributed by atoms with van der Waals surface area (Å²) in [5.41, 5.74) is 0.267. The second-order valence-electron chi connectivity index (χ2n) is 4.11. The SMILES string of the molecule is CC(C)=CC1(C)NC(C)C(=O)NC1=O. The van der Waals surface area contributed by atoms with E-state index in [0.717, 1.165) is 5.57 Å². The van der Waals surface area contributed by atoms with Crippen LogP contribution in [0.4, 0.5) is 0 Å². The van der Waals surface area contributed by atoms with E-state index in [0.29, 0.717) is 0 Å². The fourth-order valence-corrected chi connectivity index (χ4v) is 1.62. The van der Waals surface area contributed by atoms with Crippen LogP contribution >= 0.6 is 0 Å². The minimum Gasteiger partial charge on any atom is -0.293 e. The van der Waals surface area contributed by atoms with Crippen LogP contribution in [0, 0.1) is 0 Å². The number of hydrogen-bond acceptors (Lipinski definition) is 3. The second kappa shape index (κ2) is 3.53. The van der Waals surface area contributed by atoms with Gasteiger partial charge >= 0.3 is 0 Å². The maximum atomic E-state index is 11.6. The first-order valence-corrected chi connectivity index (χ1v) is 4.64. The maximum absolute atomic E-state index is 11.6. The van der Waals surface area contributed by atoms with Gasteiger partial charge < -0.3 is 0 Å². The molecule has 0 aromatic rings. The first kappa shape index (κ1) is 10.9. The molecule has 1 aliphatic rings. The van der Waals surface area contributed by atoms with E-state index in [1.54, 1.807) is 13.8 Å². The Balaban J connectivity index is 2.94. The molecule has 0 aromatic heterocycles. The number of piperazine rings is 1. The lowest BCUT2D eigenvalue weighted by atomic mass is 9.94. The van der Waals surface area contributed by atoms with Crippen molar-refractivity contribution >= 4 is 11.8 Å². The zero-order valence-electron chi connectivity index (χ0n) is 8.97. The Labute approximate surface area is 83.8 Å². The molecule has 4 nitrogen and oxygen atoms in total. The molecule has 1 aliphatic heterocycles. The minimum atomic E-state index is -0.772. The molecule has 2 N–H and O–H groups in total. The van der Waals surface area contributed by atoms with Crippen molar-refractivity contribution in [2.45, 2.75) is 39.3 Å². The molecule has 0 spiro atoms. The summed E-state index contributed by atoms with van der Waals surface area (Å²) in [7, 11) is 0. The van der Waals surface area contributed by atoms with Gasteiger partial charge in [0.25, 0.3) is 5.91 Å². The van der Waals surface area contributed by atoms with Gasteiger partial charge in [0.2, 0.25) is 5.91 Å². The summed E-state index contributed by atoms with van der Waals surface area (Å²) in [6.45, 7) is 7.33. The summed E-state index contributed by atoms with van der Waals surface area (Å²) in [5.74, 6) is -0.559. The van der Waals surface area contributed by atoms with E-state index in [1.165, 1.54) is 0 Å². The number of hydrogen-bond donors (Lipinski definition) is 2. The highest BCUT2D eigenvalue weighted by molar-refractivity contribution is 6.05. The van der Waals surface area contributed by atoms with Gasteiger partial charge in [0.05, 0.1) is 6.04 Å². The first-order valence-electron chi connectivity index (χ1n) is 4.64. The zero-order valence-corrected chi connectivity index (χ0v) is 8.97. The van der Waals surface area contributed by atoms with Crippen molar-refractivity contribution in [1.29, 1.82) is 0 Å². The van der Waals surface area contributed by atoms with Gasteiger partial charge in [0.15, 0.2) is 0 Å². The van der Waals surface area contributed by atoms with Crippen LogP contribution < -0.4 is 10.6 Å². The lowest BCUT2D eigenvalue weighted by Gasteiger charge is -2.34. The van der Waals surface area contributed by atoms with Crippen molar-refractivity contribution < 1.29 is 9.59 Å². The number of rotatable bonds is 1. The van der Waals surface area contributed by atoms with E-state index in [2.05, 4.69) is 10.6 Å². The minimum absolute atomic E-state index is 0.269. The van der Waals surface area contributed by atoms with Crippen molar-refractivity contribution in [1.82, 2.24) is 10.6 Å². The second-order valence-corrected chi connectivity index (χ2v) is 4.11. The van der Waals surface area contributed by atoms with Crippen LogP contribution in [-0.2, 0) is 9.59 Å². The number of nitrogens with one attached hydrogen (secondary N) is 2. The lowest BCUT2D eigenvalue weighted by Crippen LogP contribution is -2.66. The number of carbonyl (C=O) groups excluding carboxylic acids is 2. The van der Waals surface area contributed by atoms with Crippen LogP contribution in [0.3, 0.4) is 0 Å². The van der Waals surface area contributed by atoms with Crippen molar-refractivity contribution in [3.8, 4) is 0 Å². The van der Waals surface area contributed by atoms with Crippen LogP contribution in [-0.4, -0.2) is 23.4 Å². The monoisotopic (exact) mass is 196 g/mol. The zero-order chi connectivity index (χ0) is 10.9. The smallest absolute Gasteiger partial charge is 0.250 e. The highest BCUT2D eigenvalue weighted by Crippen LogP contribution is 2.14. The van der Waals surface area contributed by atoms with E-state index in [-0.39, 0.29) is 17.9 Å². The van der Waals surface area contributed by atoms with Crippen LogP contribution in [0.2, 0.25) is 0 Å². The largest absolute Gasteiger partial charge is 0.293 e. The summed E-state index contributed by atoms with van der Waals surface area (Å²) in [4.78, 5) is 22.7. The Bertz CT molecular complexity index is 305. The summed E-state index contributed by atoms with van der Waals surface area (Å²) in [6.07, 6.45) is 1.82. The molecule has 0 bridgehead atoms. The fraction of sp³-hybridized carbons (Fsp3) is 0.600. The van der Waals surface area contributed by atoms with E-state index in [4.69, 9.17) is 0 Å². The number of amides is 2. The van der Waals surface area contributed by atoms with Crippen LogP contribution in [0.1, 0.15) is 27.7 Å². The molecular formula is C10H16N2O2. The molecule has 0 aliphatic carbocycles. The molecule has 0 radical (unpaired) electrons. The van der Waals surface area contributed by atoms with Gasteiger partial charge in [0, 0.05) is 0 Å². The summed E-state index contributed by atoms with van der Waals surface area (Å²) >= 11 is 0. The van der Waals surface area contributed by atoms with Crippen molar-refractivity contribution in [2.24, 2.45) is 0 Å². The summed E-state index contributed by atoms with van der Waals surface area (Å²) in [5, 5.41) is 5.33. The molecule has 0 saturated carbocycles. The molecule has 78 valence electrons. The van der Waals surface area contributed by atoms with E-state index in [9.17, 15) is 9.59 Å². The Morgan fingerprint density at radius 2 is 2.00 bits per heavy atom. The molecule has 14 heavy (non-hydrogen) atoms. The van der Waals surface area contributed by atoms with Gasteiger partial charge in [-0.1, -0.05) is 11.6 Å². The molecule has 4 heteroatoms. The van der Waals surface area contributed by atoms with Gasteiger partial charge in [-0.2, -0.15) is 0 Å². The molecule has 1 saturated heterocycles. The predicted octanol–water partition coefficient (Wildman–Crippen LogP) is 0.346. The average Bonchev–Trinajstić information content (AvgIpc) is 1.99.